The van der Waals surface area contributed by atoms with Gasteiger partial charge in [0.15, 0.2) is 5.78 Å². The van der Waals surface area contributed by atoms with E-state index in [9.17, 15) is 9.59 Å². The van der Waals surface area contributed by atoms with Crippen LogP contribution < -0.4 is 10.2 Å². The Morgan fingerprint density at radius 2 is 1.75 bits per heavy atom. The van der Waals surface area contributed by atoms with E-state index in [2.05, 4.69) is 15.2 Å². The van der Waals surface area contributed by atoms with E-state index in [-0.39, 0.29) is 11.7 Å². The summed E-state index contributed by atoms with van der Waals surface area (Å²) in [5.74, 6) is -0.242. The quantitative estimate of drug-likeness (QED) is 0.874. The minimum atomic E-state index is -0.246. The van der Waals surface area contributed by atoms with Crippen molar-refractivity contribution in [1.82, 2.24) is 4.98 Å². The summed E-state index contributed by atoms with van der Waals surface area (Å²) in [4.78, 5) is 30.2. The van der Waals surface area contributed by atoms with Crippen molar-refractivity contribution in [3.63, 3.8) is 0 Å². The van der Waals surface area contributed by atoms with Gasteiger partial charge < -0.3 is 10.2 Å². The molecule has 1 aromatic heterocycles. The van der Waals surface area contributed by atoms with Crippen LogP contribution in [-0.4, -0.2) is 29.8 Å². The van der Waals surface area contributed by atoms with Gasteiger partial charge in [0.1, 0.15) is 5.69 Å². The maximum absolute atomic E-state index is 12.4. The lowest BCUT2D eigenvalue weighted by Crippen LogP contribution is -2.29. The van der Waals surface area contributed by atoms with E-state index >= 15 is 0 Å². The van der Waals surface area contributed by atoms with Gasteiger partial charge in [-0.1, -0.05) is 0 Å². The Morgan fingerprint density at radius 3 is 2.42 bits per heavy atom. The number of piperidine rings is 1. The third-order valence-corrected chi connectivity index (χ3v) is 4.25. The van der Waals surface area contributed by atoms with Gasteiger partial charge in [-0.05, 0) is 62.6 Å². The molecule has 5 nitrogen and oxygen atoms in total. The van der Waals surface area contributed by atoms with Gasteiger partial charge in [-0.15, -0.1) is 0 Å². The molecule has 1 aromatic carbocycles. The zero-order chi connectivity index (χ0) is 16.9. The molecular weight excluding hydrogens is 302 g/mol. The Morgan fingerprint density at radius 1 is 1.04 bits per heavy atom. The lowest BCUT2D eigenvalue weighted by molar-refractivity contribution is 0.101. The van der Waals surface area contributed by atoms with E-state index in [0.717, 1.165) is 18.8 Å². The molecule has 1 amide bonds. The number of amides is 1. The lowest BCUT2D eigenvalue weighted by atomic mass is 10.1. The molecule has 1 N–H and O–H groups in total. The van der Waals surface area contributed by atoms with Crippen LogP contribution in [0.15, 0.2) is 42.6 Å². The normalized spacial score (nSPS) is 14.3. The smallest absolute Gasteiger partial charge is 0.274 e. The van der Waals surface area contributed by atoms with E-state index in [1.807, 2.05) is 12.1 Å². The maximum atomic E-state index is 12.4. The summed E-state index contributed by atoms with van der Waals surface area (Å²) in [5, 5.41) is 2.82. The number of Topliss-reactive ketones (excluding diaryl/α,β-unsaturated/α-hetero) is 1. The van der Waals surface area contributed by atoms with Gasteiger partial charge in [0.2, 0.25) is 0 Å². The van der Waals surface area contributed by atoms with Crippen molar-refractivity contribution in [3.8, 4) is 0 Å². The third-order valence-electron chi connectivity index (χ3n) is 4.25. The van der Waals surface area contributed by atoms with Crippen LogP contribution in [0.2, 0.25) is 0 Å². The number of carbonyl (C=O) groups is 2. The van der Waals surface area contributed by atoms with Gasteiger partial charge in [0.05, 0.1) is 0 Å². The molecule has 1 saturated heterocycles. The fourth-order valence-electron chi connectivity index (χ4n) is 2.88. The number of nitrogens with one attached hydrogen (secondary N) is 1. The molecular formula is C19H21N3O2. The molecule has 24 heavy (non-hydrogen) atoms. The van der Waals surface area contributed by atoms with Crippen LogP contribution in [0.1, 0.15) is 47.0 Å². The highest BCUT2D eigenvalue weighted by Crippen LogP contribution is 2.20. The molecule has 1 aliphatic rings. The lowest BCUT2D eigenvalue weighted by Gasteiger charge is -2.28. The molecule has 5 heteroatoms. The minimum absolute atomic E-state index is 0.00350. The van der Waals surface area contributed by atoms with Crippen LogP contribution in [0, 0.1) is 0 Å². The largest absolute Gasteiger partial charge is 0.371 e. The van der Waals surface area contributed by atoms with Crippen molar-refractivity contribution in [2.45, 2.75) is 26.2 Å². The fourth-order valence-corrected chi connectivity index (χ4v) is 2.88. The van der Waals surface area contributed by atoms with Gasteiger partial charge in [0.25, 0.3) is 5.91 Å². The Labute approximate surface area is 141 Å². The standard InChI is InChI=1S/C19H21N3O2/c1-14(23)15-5-7-16(8-6-15)21-19(24)18-13-17(9-10-20-18)22-11-3-2-4-12-22/h5-10,13H,2-4,11-12H2,1H3,(H,21,24). The monoisotopic (exact) mass is 323 g/mol. The highest BCUT2D eigenvalue weighted by molar-refractivity contribution is 6.03. The number of carbonyl (C=O) groups excluding carboxylic acids is 2. The first-order valence-corrected chi connectivity index (χ1v) is 8.27. The number of ketones is 1. The Bertz CT molecular complexity index is 735. The van der Waals surface area contributed by atoms with Crippen molar-refractivity contribution >= 4 is 23.1 Å². The van der Waals surface area contributed by atoms with Gasteiger partial charge in [0, 0.05) is 36.2 Å². The van der Waals surface area contributed by atoms with Gasteiger partial charge in [-0.25, -0.2) is 0 Å². The van der Waals surface area contributed by atoms with Crippen LogP contribution >= 0.6 is 0 Å². The minimum Gasteiger partial charge on any atom is -0.371 e. The molecule has 0 atom stereocenters. The topological polar surface area (TPSA) is 62.3 Å². The van der Waals surface area contributed by atoms with E-state index in [0.29, 0.717) is 16.9 Å². The SMILES string of the molecule is CC(=O)c1ccc(NC(=O)c2cc(N3CCCCC3)ccn2)cc1. The molecule has 1 aliphatic heterocycles. The van der Waals surface area contributed by atoms with Crippen molar-refractivity contribution in [2.75, 3.05) is 23.3 Å². The number of benzene rings is 1. The molecule has 0 unspecified atom stereocenters. The Hall–Kier alpha value is -2.69. The number of anilines is 2. The van der Waals surface area contributed by atoms with Gasteiger partial charge in [-0.3, -0.25) is 14.6 Å². The molecule has 0 radical (unpaired) electrons. The Balaban J connectivity index is 1.71. The number of rotatable bonds is 4. The zero-order valence-corrected chi connectivity index (χ0v) is 13.8. The molecule has 0 spiro atoms. The van der Waals surface area contributed by atoms with Crippen LogP contribution in [0.4, 0.5) is 11.4 Å². The first-order valence-electron chi connectivity index (χ1n) is 8.27. The molecule has 2 heterocycles. The summed E-state index contributed by atoms with van der Waals surface area (Å²) >= 11 is 0. The summed E-state index contributed by atoms with van der Waals surface area (Å²) in [6.45, 7) is 3.57. The zero-order valence-electron chi connectivity index (χ0n) is 13.8. The van der Waals surface area contributed by atoms with Gasteiger partial charge in [-0.2, -0.15) is 0 Å². The summed E-state index contributed by atoms with van der Waals surface area (Å²) in [5.41, 5.74) is 2.71. The summed E-state index contributed by atoms with van der Waals surface area (Å²) < 4.78 is 0. The van der Waals surface area contributed by atoms with Crippen molar-refractivity contribution in [1.29, 1.82) is 0 Å². The molecule has 0 bridgehead atoms. The molecule has 3 rings (SSSR count). The van der Waals surface area contributed by atoms with E-state index in [1.165, 1.54) is 26.2 Å². The number of nitrogens with zero attached hydrogens (tertiary/aromatic N) is 2. The second-order valence-electron chi connectivity index (χ2n) is 6.03. The second kappa shape index (κ2) is 7.25. The van der Waals surface area contributed by atoms with Crippen molar-refractivity contribution in [2.24, 2.45) is 0 Å². The molecule has 0 saturated carbocycles. The highest BCUT2D eigenvalue weighted by atomic mass is 16.2. The predicted molar refractivity (Wildman–Crippen MR) is 94.7 cm³/mol. The van der Waals surface area contributed by atoms with E-state index < -0.39 is 0 Å². The van der Waals surface area contributed by atoms with E-state index in [4.69, 9.17) is 0 Å². The summed E-state index contributed by atoms with van der Waals surface area (Å²) in [6, 6.07) is 10.6. The van der Waals surface area contributed by atoms with Crippen LogP contribution in [-0.2, 0) is 0 Å². The van der Waals surface area contributed by atoms with Crippen LogP contribution in [0.3, 0.4) is 0 Å². The summed E-state index contributed by atoms with van der Waals surface area (Å²) in [6.07, 6.45) is 5.32. The molecule has 0 aliphatic carbocycles. The number of pyridine rings is 1. The predicted octanol–water partition coefficient (Wildman–Crippen LogP) is 3.53. The average molecular weight is 323 g/mol. The molecule has 1 fully saturated rings. The van der Waals surface area contributed by atoms with Crippen molar-refractivity contribution < 1.29 is 9.59 Å². The Kier molecular flexibility index (Phi) is 4.89. The number of hydrogen-bond donors (Lipinski definition) is 1. The average Bonchev–Trinajstić information content (AvgIpc) is 2.63. The second-order valence-corrected chi connectivity index (χ2v) is 6.03. The first-order chi connectivity index (χ1) is 11.6. The van der Waals surface area contributed by atoms with Crippen molar-refractivity contribution in [3.05, 3.63) is 53.9 Å². The first kappa shape index (κ1) is 16.2. The van der Waals surface area contributed by atoms with E-state index in [1.54, 1.807) is 30.5 Å². The maximum Gasteiger partial charge on any atom is 0.274 e. The van der Waals surface area contributed by atoms with Crippen LogP contribution in [0.25, 0.3) is 0 Å². The van der Waals surface area contributed by atoms with Gasteiger partial charge >= 0.3 is 0 Å². The van der Waals surface area contributed by atoms with Crippen LogP contribution in [0.5, 0.6) is 0 Å². The molecule has 2 aromatic rings. The third kappa shape index (κ3) is 3.79. The fraction of sp³-hybridized carbons (Fsp3) is 0.316. The number of aromatic nitrogens is 1. The molecule has 124 valence electrons. The highest BCUT2D eigenvalue weighted by Gasteiger charge is 2.14. The summed E-state index contributed by atoms with van der Waals surface area (Å²) in [7, 11) is 0. The number of hydrogen-bond acceptors (Lipinski definition) is 4.